The molecule has 0 bridgehead atoms. The molecule has 21 heavy (non-hydrogen) atoms. The normalized spacial score (nSPS) is 12.9. The van der Waals surface area contributed by atoms with Gasteiger partial charge in [-0.25, -0.2) is 8.42 Å². The van der Waals surface area contributed by atoms with E-state index >= 15 is 0 Å². The van der Waals surface area contributed by atoms with Crippen molar-refractivity contribution in [3.8, 4) is 5.75 Å². The van der Waals surface area contributed by atoms with Gasteiger partial charge in [0, 0.05) is 11.6 Å². The summed E-state index contributed by atoms with van der Waals surface area (Å²) in [5.41, 5.74) is 6.31. The summed E-state index contributed by atoms with van der Waals surface area (Å²) >= 11 is 5.80. The third-order valence-corrected chi connectivity index (χ3v) is 5.59. The molecule has 0 fully saturated rings. The summed E-state index contributed by atoms with van der Waals surface area (Å²) in [5.74, 6) is 0.595. The first kappa shape index (κ1) is 15.8. The van der Waals surface area contributed by atoms with Crippen molar-refractivity contribution in [3.05, 3.63) is 59.1 Å². The predicted octanol–water partition coefficient (Wildman–Crippen LogP) is 2.82. The van der Waals surface area contributed by atoms with Crippen LogP contribution in [0, 0.1) is 0 Å². The molecule has 0 aliphatic rings. The van der Waals surface area contributed by atoms with E-state index < -0.39 is 15.1 Å². The first-order chi connectivity index (χ1) is 9.98. The molecule has 0 saturated carbocycles. The van der Waals surface area contributed by atoms with Gasteiger partial charge < -0.3 is 10.5 Å². The highest BCUT2D eigenvalue weighted by Gasteiger charge is 2.28. The number of ether oxygens (including phenoxy) is 1. The second-order valence-electron chi connectivity index (χ2n) is 4.50. The van der Waals surface area contributed by atoms with Crippen molar-refractivity contribution in [2.45, 2.75) is 10.1 Å². The number of halogens is 1. The Morgan fingerprint density at radius 2 is 1.86 bits per heavy atom. The zero-order valence-electron chi connectivity index (χ0n) is 11.5. The molecule has 0 amide bonds. The summed E-state index contributed by atoms with van der Waals surface area (Å²) in [6.45, 7) is -0.0157. The predicted molar refractivity (Wildman–Crippen MR) is 83.4 cm³/mol. The van der Waals surface area contributed by atoms with E-state index in [1.807, 2.05) is 0 Å². The van der Waals surface area contributed by atoms with E-state index in [-0.39, 0.29) is 11.4 Å². The van der Waals surface area contributed by atoms with Crippen LogP contribution in [0.3, 0.4) is 0 Å². The van der Waals surface area contributed by atoms with Crippen LogP contribution < -0.4 is 10.5 Å². The SMILES string of the molecule is COc1cccc(C(CN)S(=O)(=O)c2ccc(Cl)cc2)c1. The maximum absolute atomic E-state index is 12.7. The van der Waals surface area contributed by atoms with Crippen LogP contribution in [0.25, 0.3) is 0 Å². The van der Waals surface area contributed by atoms with Gasteiger partial charge in [0.1, 0.15) is 11.0 Å². The zero-order chi connectivity index (χ0) is 15.5. The molecule has 112 valence electrons. The van der Waals surface area contributed by atoms with Crippen molar-refractivity contribution in [3.63, 3.8) is 0 Å². The second kappa shape index (κ2) is 6.47. The molecule has 0 radical (unpaired) electrons. The van der Waals surface area contributed by atoms with Gasteiger partial charge in [-0.05, 0) is 42.0 Å². The van der Waals surface area contributed by atoms with Gasteiger partial charge in [-0.3, -0.25) is 0 Å². The number of nitrogens with two attached hydrogens (primary N) is 1. The van der Waals surface area contributed by atoms with Crippen LogP contribution in [0.5, 0.6) is 5.75 Å². The molecule has 0 saturated heterocycles. The largest absolute Gasteiger partial charge is 0.497 e. The molecular formula is C15H16ClNO3S. The molecule has 1 atom stereocenters. The minimum atomic E-state index is -3.59. The van der Waals surface area contributed by atoms with E-state index in [1.165, 1.54) is 19.2 Å². The Kier molecular flexibility index (Phi) is 4.88. The molecule has 0 aromatic heterocycles. The smallest absolute Gasteiger partial charge is 0.186 e. The lowest BCUT2D eigenvalue weighted by molar-refractivity contribution is 0.414. The lowest BCUT2D eigenvalue weighted by Gasteiger charge is -2.17. The van der Waals surface area contributed by atoms with Crippen molar-refractivity contribution in [1.82, 2.24) is 0 Å². The third kappa shape index (κ3) is 3.37. The van der Waals surface area contributed by atoms with Crippen molar-refractivity contribution in [2.75, 3.05) is 13.7 Å². The molecule has 1 unspecified atom stereocenters. The summed E-state index contributed by atoms with van der Waals surface area (Å²) in [5, 5.41) is -0.339. The lowest BCUT2D eigenvalue weighted by Crippen LogP contribution is -2.22. The van der Waals surface area contributed by atoms with Gasteiger partial charge in [0.25, 0.3) is 0 Å². The number of benzene rings is 2. The summed E-state index contributed by atoms with van der Waals surface area (Å²) in [7, 11) is -2.05. The van der Waals surface area contributed by atoms with Crippen LogP contribution in [-0.2, 0) is 9.84 Å². The molecular weight excluding hydrogens is 310 g/mol. The molecule has 0 aliphatic carbocycles. The average molecular weight is 326 g/mol. The van der Waals surface area contributed by atoms with Crippen LogP contribution in [0.1, 0.15) is 10.8 Å². The fraction of sp³-hybridized carbons (Fsp3) is 0.200. The number of hydrogen-bond donors (Lipinski definition) is 1. The monoisotopic (exact) mass is 325 g/mol. The minimum Gasteiger partial charge on any atom is -0.497 e. The maximum Gasteiger partial charge on any atom is 0.186 e. The number of rotatable bonds is 5. The van der Waals surface area contributed by atoms with Crippen molar-refractivity contribution in [2.24, 2.45) is 5.73 Å². The Morgan fingerprint density at radius 3 is 2.43 bits per heavy atom. The highest BCUT2D eigenvalue weighted by Crippen LogP contribution is 2.30. The van der Waals surface area contributed by atoms with Gasteiger partial charge in [-0.2, -0.15) is 0 Å². The Bertz CT molecular complexity index is 714. The van der Waals surface area contributed by atoms with Crippen LogP contribution in [0.2, 0.25) is 5.02 Å². The van der Waals surface area contributed by atoms with Gasteiger partial charge in [-0.1, -0.05) is 23.7 Å². The Morgan fingerprint density at radius 1 is 1.19 bits per heavy atom. The van der Waals surface area contributed by atoms with Crippen LogP contribution >= 0.6 is 11.6 Å². The van der Waals surface area contributed by atoms with Crippen LogP contribution in [-0.4, -0.2) is 22.1 Å². The first-order valence-corrected chi connectivity index (χ1v) is 8.25. The number of sulfone groups is 1. The lowest BCUT2D eigenvalue weighted by atomic mass is 10.1. The molecule has 2 aromatic rings. The molecule has 2 rings (SSSR count). The van der Waals surface area contributed by atoms with Crippen molar-refractivity contribution in [1.29, 1.82) is 0 Å². The zero-order valence-corrected chi connectivity index (χ0v) is 13.1. The molecule has 2 N–H and O–H groups in total. The van der Waals surface area contributed by atoms with E-state index in [1.54, 1.807) is 36.4 Å². The van der Waals surface area contributed by atoms with Gasteiger partial charge in [-0.15, -0.1) is 0 Å². The number of methoxy groups -OCH3 is 1. The van der Waals surface area contributed by atoms with Gasteiger partial charge in [0.15, 0.2) is 9.84 Å². The second-order valence-corrected chi connectivity index (χ2v) is 7.07. The van der Waals surface area contributed by atoms with Gasteiger partial charge in [0.2, 0.25) is 0 Å². The molecule has 0 spiro atoms. The van der Waals surface area contributed by atoms with E-state index in [9.17, 15) is 8.42 Å². The molecule has 0 aliphatic heterocycles. The molecule has 6 heteroatoms. The van der Waals surface area contributed by atoms with Crippen LogP contribution in [0.15, 0.2) is 53.4 Å². The quantitative estimate of drug-likeness (QED) is 0.917. The first-order valence-electron chi connectivity index (χ1n) is 6.32. The Labute approximate surface area is 129 Å². The van der Waals surface area contributed by atoms with Crippen molar-refractivity contribution < 1.29 is 13.2 Å². The van der Waals surface area contributed by atoms with E-state index in [0.29, 0.717) is 16.3 Å². The van der Waals surface area contributed by atoms with E-state index in [4.69, 9.17) is 22.1 Å². The summed E-state index contributed by atoms with van der Waals surface area (Å²) in [6.07, 6.45) is 0. The van der Waals surface area contributed by atoms with Crippen molar-refractivity contribution >= 4 is 21.4 Å². The highest BCUT2D eigenvalue weighted by atomic mass is 35.5. The Hall–Kier alpha value is -1.56. The molecule has 4 nitrogen and oxygen atoms in total. The summed E-state index contributed by atoms with van der Waals surface area (Å²) < 4.78 is 30.6. The Balaban J connectivity index is 2.46. The fourth-order valence-electron chi connectivity index (χ4n) is 2.07. The number of hydrogen-bond acceptors (Lipinski definition) is 4. The van der Waals surface area contributed by atoms with Crippen LogP contribution in [0.4, 0.5) is 0 Å². The summed E-state index contributed by atoms with van der Waals surface area (Å²) in [4.78, 5) is 0.199. The van der Waals surface area contributed by atoms with E-state index in [0.717, 1.165) is 0 Å². The molecule has 2 aromatic carbocycles. The highest BCUT2D eigenvalue weighted by molar-refractivity contribution is 7.91. The maximum atomic E-state index is 12.7. The van der Waals surface area contributed by atoms with E-state index in [2.05, 4.69) is 0 Å². The third-order valence-electron chi connectivity index (χ3n) is 3.20. The fourth-order valence-corrected chi connectivity index (χ4v) is 3.80. The van der Waals surface area contributed by atoms with Gasteiger partial charge in [0.05, 0.1) is 12.0 Å². The van der Waals surface area contributed by atoms with Gasteiger partial charge >= 0.3 is 0 Å². The standard InChI is InChI=1S/C15H16ClNO3S/c1-20-13-4-2-3-11(9-13)15(10-17)21(18,19)14-7-5-12(16)6-8-14/h2-9,15H,10,17H2,1H3. The minimum absolute atomic E-state index is 0.0157. The molecule has 0 heterocycles. The summed E-state index contributed by atoms with van der Waals surface area (Å²) in [6, 6.07) is 13.0. The topological polar surface area (TPSA) is 69.4 Å². The average Bonchev–Trinajstić information content (AvgIpc) is 2.48.